The maximum atomic E-state index is 13.6. The topological polar surface area (TPSA) is 122 Å². The van der Waals surface area contributed by atoms with Gasteiger partial charge < -0.3 is 5.32 Å². The molecule has 10 heteroatoms. The molecule has 0 unspecified atom stereocenters. The van der Waals surface area contributed by atoms with Crippen molar-refractivity contribution >= 4 is 21.6 Å². The van der Waals surface area contributed by atoms with Crippen LogP contribution in [-0.2, 0) is 27.7 Å². The third-order valence-electron chi connectivity index (χ3n) is 7.22. The van der Waals surface area contributed by atoms with Gasteiger partial charge in [0.05, 0.1) is 15.5 Å². The van der Waals surface area contributed by atoms with Crippen LogP contribution in [-0.4, -0.2) is 47.8 Å². The number of hydrogen-bond donors (Lipinski definition) is 2. The molecule has 2 aliphatic rings. The van der Waals surface area contributed by atoms with Gasteiger partial charge in [-0.3, -0.25) is 20.2 Å². The van der Waals surface area contributed by atoms with Gasteiger partial charge in [0.2, 0.25) is 15.9 Å². The smallest absolute Gasteiger partial charge is 0.269 e. The molecular weight excluding hydrogens is 492 g/mol. The quantitative estimate of drug-likeness (QED) is 0.365. The first-order chi connectivity index (χ1) is 17.7. The predicted molar refractivity (Wildman–Crippen MR) is 138 cm³/mol. The molecule has 0 atom stereocenters. The number of nitrogens with zero attached hydrogens (tertiary/aromatic N) is 2. The first kappa shape index (κ1) is 25.1. The second kappa shape index (κ2) is 9.70. The van der Waals surface area contributed by atoms with Gasteiger partial charge in [-0.2, -0.15) is 4.31 Å². The highest BCUT2D eigenvalue weighted by molar-refractivity contribution is 7.89. The number of nitro groups is 1. The van der Waals surface area contributed by atoms with Crippen molar-refractivity contribution in [3.05, 3.63) is 106 Å². The van der Waals surface area contributed by atoms with Crippen molar-refractivity contribution < 1.29 is 18.1 Å². The maximum Gasteiger partial charge on any atom is 0.269 e. The van der Waals surface area contributed by atoms with E-state index in [9.17, 15) is 23.3 Å². The summed E-state index contributed by atoms with van der Waals surface area (Å²) in [5.41, 5.74) is 0.319. The molecule has 0 aliphatic carbocycles. The van der Waals surface area contributed by atoms with Crippen molar-refractivity contribution in [2.75, 3.05) is 13.1 Å². The fraction of sp³-hybridized carbons (Fsp3) is 0.296. The highest BCUT2D eigenvalue weighted by Gasteiger charge is 2.54. The van der Waals surface area contributed by atoms with Crippen molar-refractivity contribution in [1.82, 2.24) is 14.9 Å². The third kappa shape index (κ3) is 5.00. The Morgan fingerprint density at radius 1 is 0.838 bits per heavy atom. The van der Waals surface area contributed by atoms with Gasteiger partial charge in [-0.25, -0.2) is 8.42 Å². The van der Waals surface area contributed by atoms with Crippen molar-refractivity contribution in [2.24, 2.45) is 0 Å². The Morgan fingerprint density at radius 3 is 1.84 bits per heavy atom. The number of rotatable bonds is 7. The number of sulfonamides is 1. The van der Waals surface area contributed by atoms with Crippen LogP contribution < -0.4 is 10.6 Å². The molecule has 1 spiro atoms. The second-order valence-corrected chi connectivity index (χ2v) is 11.7. The van der Waals surface area contributed by atoms with Crippen molar-refractivity contribution in [2.45, 2.75) is 41.8 Å². The largest absolute Gasteiger partial charge is 0.336 e. The minimum Gasteiger partial charge on any atom is -0.336 e. The van der Waals surface area contributed by atoms with Gasteiger partial charge in [0.25, 0.3) is 5.69 Å². The van der Waals surface area contributed by atoms with Crippen molar-refractivity contribution in [3.63, 3.8) is 0 Å². The molecule has 2 fully saturated rings. The molecule has 0 saturated carbocycles. The third-order valence-corrected chi connectivity index (χ3v) is 9.14. The van der Waals surface area contributed by atoms with Crippen LogP contribution in [0.25, 0.3) is 0 Å². The lowest BCUT2D eigenvalue weighted by molar-refractivity contribution is -0.384. The molecule has 1 amide bonds. The van der Waals surface area contributed by atoms with Crippen LogP contribution in [0.5, 0.6) is 0 Å². The fourth-order valence-electron chi connectivity index (χ4n) is 5.33. The monoisotopic (exact) mass is 520 g/mol. The summed E-state index contributed by atoms with van der Waals surface area (Å²) in [6.45, 7) is 0.415. The summed E-state index contributed by atoms with van der Waals surface area (Å²) in [5.74, 6) is -0.0908. The van der Waals surface area contributed by atoms with Crippen LogP contribution in [0.15, 0.2) is 89.8 Å². The molecule has 3 aromatic rings. The van der Waals surface area contributed by atoms with Gasteiger partial charge >= 0.3 is 0 Å². The van der Waals surface area contributed by atoms with Crippen LogP contribution in [0.4, 0.5) is 5.69 Å². The number of nitro benzene ring substituents is 1. The van der Waals surface area contributed by atoms with E-state index in [4.69, 9.17) is 0 Å². The summed E-state index contributed by atoms with van der Waals surface area (Å²) in [5, 5.41) is 17.7. The molecule has 2 heterocycles. The molecule has 0 bridgehead atoms. The summed E-state index contributed by atoms with van der Waals surface area (Å²) in [6.07, 6.45) is 1.80. The molecule has 3 aromatic carbocycles. The summed E-state index contributed by atoms with van der Waals surface area (Å²) in [7, 11) is -3.82. The number of non-ortho nitro benzene ring substituents is 1. The zero-order valence-corrected chi connectivity index (χ0v) is 21.0. The fourth-order valence-corrected chi connectivity index (χ4v) is 6.77. The predicted octanol–water partition coefficient (Wildman–Crippen LogP) is 3.02. The van der Waals surface area contributed by atoms with E-state index in [1.165, 1.54) is 28.6 Å². The highest BCUT2D eigenvalue weighted by Crippen LogP contribution is 2.34. The van der Waals surface area contributed by atoms with Crippen LogP contribution >= 0.6 is 0 Å². The molecule has 0 radical (unpaired) electrons. The van der Waals surface area contributed by atoms with Gasteiger partial charge in [-0.05, 0) is 48.9 Å². The van der Waals surface area contributed by atoms with Crippen molar-refractivity contribution in [1.29, 1.82) is 0 Å². The first-order valence-corrected chi connectivity index (χ1v) is 13.6. The minimum atomic E-state index is -3.82. The standard InChI is InChI=1S/C27H28N4O5S/c32-25-26(19-21-7-3-1-4-8-21,20-22-9-5-2-6-10-22)29-27(28-25)15-17-30(18-16-27)37(35,36)24-13-11-23(12-14-24)31(33)34/h1-14,29H,15-20H2,(H,28,32). The summed E-state index contributed by atoms with van der Waals surface area (Å²) in [4.78, 5) is 24.0. The Hall–Kier alpha value is -3.60. The number of hydrogen-bond acceptors (Lipinski definition) is 6. The van der Waals surface area contributed by atoms with Gasteiger partial charge in [-0.15, -0.1) is 0 Å². The molecule has 2 aliphatic heterocycles. The van der Waals surface area contributed by atoms with Gasteiger partial charge in [-0.1, -0.05) is 60.7 Å². The van der Waals surface area contributed by atoms with Crippen molar-refractivity contribution in [3.8, 4) is 0 Å². The maximum absolute atomic E-state index is 13.6. The van der Waals surface area contributed by atoms with Gasteiger partial charge in [0, 0.05) is 25.2 Å². The minimum absolute atomic E-state index is 0.0139. The lowest BCUT2D eigenvalue weighted by Gasteiger charge is -2.40. The lowest BCUT2D eigenvalue weighted by Crippen LogP contribution is -2.60. The Labute approximate surface area is 215 Å². The van der Waals surface area contributed by atoms with Crippen LogP contribution in [0, 0.1) is 10.1 Å². The van der Waals surface area contributed by atoms with E-state index < -0.39 is 26.1 Å². The molecule has 37 heavy (non-hydrogen) atoms. The summed E-state index contributed by atoms with van der Waals surface area (Å²) in [6, 6.07) is 24.6. The Kier molecular flexibility index (Phi) is 6.57. The molecular formula is C27H28N4O5S. The average molecular weight is 521 g/mol. The van der Waals surface area contributed by atoms with E-state index in [1.807, 2.05) is 60.7 Å². The molecule has 192 valence electrons. The number of carbonyl (C=O) groups is 1. The van der Waals surface area contributed by atoms with Crippen LogP contribution in [0.3, 0.4) is 0 Å². The van der Waals surface area contributed by atoms with E-state index in [0.29, 0.717) is 25.7 Å². The summed E-state index contributed by atoms with van der Waals surface area (Å²) < 4.78 is 27.8. The molecule has 5 rings (SSSR count). The number of nitrogens with one attached hydrogen (secondary N) is 2. The van der Waals surface area contributed by atoms with E-state index >= 15 is 0 Å². The Balaban J connectivity index is 1.36. The number of amides is 1. The number of benzene rings is 3. The van der Waals surface area contributed by atoms with Crippen LogP contribution in [0.1, 0.15) is 24.0 Å². The lowest BCUT2D eigenvalue weighted by atomic mass is 9.84. The van der Waals surface area contributed by atoms with Gasteiger partial charge in [0.15, 0.2) is 0 Å². The SMILES string of the molecule is O=C1NC2(CCN(S(=O)(=O)c3ccc([N+](=O)[O-])cc3)CC2)NC1(Cc1ccccc1)Cc1ccccc1. The van der Waals surface area contributed by atoms with E-state index in [2.05, 4.69) is 10.6 Å². The molecule has 0 aromatic heterocycles. The number of piperidine rings is 1. The molecule has 2 saturated heterocycles. The average Bonchev–Trinajstić information content (AvgIpc) is 3.15. The van der Waals surface area contributed by atoms with E-state index in [-0.39, 0.29) is 29.6 Å². The van der Waals surface area contributed by atoms with E-state index in [1.54, 1.807) is 0 Å². The summed E-state index contributed by atoms with van der Waals surface area (Å²) >= 11 is 0. The number of carbonyl (C=O) groups excluding carboxylic acids is 1. The van der Waals surface area contributed by atoms with E-state index in [0.717, 1.165) is 11.1 Å². The normalized spacial score (nSPS) is 19.0. The van der Waals surface area contributed by atoms with Crippen LogP contribution in [0.2, 0.25) is 0 Å². The zero-order valence-electron chi connectivity index (χ0n) is 20.2. The molecule has 2 N–H and O–H groups in total. The highest BCUT2D eigenvalue weighted by atomic mass is 32.2. The Morgan fingerprint density at radius 2 is 1.35 bits per heavy atom. The Bertz CT molecular complexity index is 1350. The molecule has 9 nitrogen and oxygen atoms in total. The van der Waals surface area contributed by atoms with Gasteiger partial charge in [0.1, 0.15) is 5.54 Å². The zero-order chi connectivity index (χ0) is 26.1. The second-order valence-electron chi connectivity index (χ2n) is 9.72. The first-order valence-electron chi connectivity index (χ1n) is 12.2.